The average Bonchev–Trinajstić information content (AvgIpc) is 2.97. The van der Waals surface area contributed by atoms with Gasteiger partial charge < -0.3 is 5.73 Å². The first-order chi connectivity index (χ1) is 9.76. The maximum Gasteiger partial charge on any atom is 0.125 e. The second kappa shape index (κ2) is 5.27. The summed E-state index contributed by atoms with van der Waals surface area (Å²) in [6, 6.07) is 14.7. The number of hydrogen-bond donors (Lipinski definition) is 1. The highest BCUT2D eigenvalue weighted by Crippen LogP contribution is 2.20. The zero-order valence-corrected chi connectivity index (χ0v) is 10.8. The SMILES string of the molecule is NCc1cc(F)cc(-n2cc(-c3ccccc3)cn2)c1. The van der Waals surface area contributed by atoms with Gasteiger partial charge in [0.1, 0.15) is 5.82 Å². The minimum atomic E-state index is -0.306. The summed E-state index contributed by atoms with van der Waals surface area (Å²) < 4.78 is 15.2. The lowest BCUT2D eigenvalue weighted by Gasteiger charge is -2.04. The van der Waals surface area contributed by atoms with E-state index in [2.05, 4.69) is 5.10 Å². The molecule has 0 amide bonds. The number of benzene rings is 2. The highest BCUT2D eigenvalue weighted by atomic mass is 19.1. The second-order valence-corrected chi connectivity index (χ2v) is 4.56. The fraction of sp³-hybridized carbons (Fsp3) is 0.0625. The fourth-order valence-electron chi connectivity index (χ4n) is 2.13. The third kappa shape index (κ3) is 2.46. The van der Waals surface area contributed by atoms with Gasteiger partial charge in [-0.3, -0.25) is 0 Å². The molecule has 3 nitrogen and oxygen atoms in total. The number of nitrogens with two attached hydrogens (primary N) is 1. The molecule has 0 spiro atoms. The largest absolute Gasteiger partial charge is 0.326 e. The summed E-state index contributed by atoms with van der Waals surface area (Å²) >= 11 is 0. The van der Waals surface area contributed by atoms with Gasteiger partial charge in [-0.05, 0) is 29.3 Å². The van der Waals surface area contributed by atoms with Crippen LogP contribution in [0, 0.1) is 5.82 Å². The molecule has 0 atom stereocenters. The highest BCUT2D eigenvalue weighted by molar-refractivity contribution is 5.62. The lowest BCUT2D eigenvalue weighted by Crippen LogP contribution is -2.01. The van der Waals surface area contributed by atoms with E-state index >= 15 is 0 Å². The number of aromatic nitrogens is 2. The molecule has 0 aliphatic carbocycles. The third-order valence-corrected chi connectivity index (χ3v) is 3.13. The van der Waals surface area contributed by atoms with Crippen LogP contribution in [0.2, 0.25) is 0 Å². The van der Waals surface area contributed by atoms with Crippen LogP contribution in [0.5, 0.6) is 0 Å². The van der Waals surface area contributed by atoms with Crippen LogP contribution < -0.4 is 5.73 Å². The van der Waals surface area contributed by atoms with Crippen LogP contribution >= 0.6 is 0 Å². The Balaban J connectivity index is 2.00. The van der Waals surface area contributed by atoms with Crippen molar-refractivity contribution in [1.29, 1.82) is 0 Å². The van der Waals surface area contributed by atoms with Crippen LogP contribution in [0.15, 0.2) is 60.9 Å². The van der Waals surface area contributed by atoms with Crippen LogP contribution in [0.1, 0.15) is 5.56 Å². The predicted molar refractivity (Wildman–Crippen MR) is 76.8 cm³/mol. The Morgan fingerprint density at radius 2 is 1.85 bits per heavy atom. The molecule has 0 aliphatic rings. The van der Waals surface area contributed by atoms with Gasteiger partial charge in [-0.2, -0.15) is 5.10 Å². The van der Waals surface area contributed by atoms with Crippen molar-refractivity contribution in [2.75, 3.05) is 0 Å². The van der Waals surface area contributed by atoms with Gasteiger partial charge >= 0.3 is 0 Å². The molecule has 4 heteroatoms. The molecule has 100 valence electrons. The van der Waals surface area contributed by atoms with Crippen molar-refractivity contribution in [3.05, 3.63) is 72.3 Å². The zero-order valence-electron chi connectivity index (χ0n) is 10.8. The molecule has 3 rings (SSSR count). The molecule has 20 heavy (non-hydrogen) atoms. The first-order valence-electron chi connectivity index (χ1n) is 6.36. The summed E-state index contributed by atoms with van der Waals surface area (Å²) in [7, 11) is 0. The average molecular weight is 267 g/mol. The summed E-state index contributed by atoms with van der Waals surface area (Å²) in [5, 5.41) is 4.29. The monoisotopic (exact) mass is 267 g/mol. The Morgan fingerprint density at radius 3 is 2.60 bits per heavy atom. The summed E-state index contributed by atoms with van der Waals surface area (Å²) in [6.07, 6.45) is 3.65. The van der Waals surface area contributed by atoms with Gasteiger partial charge in [0.05, 0.1) is 11.9 Å². The number of hydrogen-bond acceptors (Lipinski definition) is 2. The van der Waals surface area contributed by atoms with E-state index in [1.54, 1.807) is 10.9 Å². The van der Waals surface area contributed by atoms with Crippen LogP contribution in [-0.2, 0) is 6.54 Å². The van der Waals surface area contributed by atoms with Crippen LogP contribution in [0.25, 0.3) is 16.8 Å². The molecule has 0 radical (unpaired) electrons. The summed E-state index contributed by atoms with van der Waals surface area (Å²) in [6.45, 7) is 0.303. The zero-order chi connectivity index (χ0) is 13.9. The van der Waals surface area contributed by atoms with E-state index in [0.29, 0.717) is 12.2 Å². The minimum absolute atomic E-state index is 0.303. The first-order valence-corrected chi connectivity index (χ1v) is 6.36. The van der Waals surface area contributed by atoms with Crippen molar-refractivity contribution < 1.29 is 4.39 Å². The summed E-state index contributed by atoms with van der Waals surface area (Å²) in [5.41, 5.74) is 9.05. The Hall–Kier alpha value is -2.46. The Labute approximate surface area is 116 Å². The number of nitrogens with zero attached hydrogens (tertiary/aromatic N) is 2. The van der Waals surface area contributed by atoms with Crippen molar-refractivity contribution in [2.45, 2.75) is 6.54 Å². The van der Waals surface area contributed by atoms with Crippen LogP contribution in [0.4, 0.5) is 4.39 Å². The van der Waals surface area contributed by atoms with Gasteiger partial charge in [-0.1, -0.05) is 30.3 Å². The van der Waals surface area contributed by atoms with E-state index in [-0.39, 0.29) is 5.82 Å². The van der Waals surface area contributed by atoms with E-state index < -0.39 is 0 Å². The lowest BCUT2D eigenvalue weighted by atomic mass is 10.1. The van der Waals surface area contributed by atoms with Crippen molar-refractivity contribution in [2.24, 2.45) is 5.73 Å². The van der Waals surface area contributed by atoms with Crippen LogP contribution in [-0.4, -0.2) is 9.78 Å². The molecule has 0 unspecified atom stereocenters. The molecule has 0 saturated heterocycles. The third-order valence-electron chi connectivity index (χ3n) is 3.13. The maximum absolute atomic E-state index is 13.5. The Bertz CT molecular complexity index is 720. The van der Waals surface area contributed by atoms with Crippen LogP contribution in [0.3, 0.4) is 0 Å². The van der Waals surface area contributed by atoms with E-state index in [0.717, 1.165) is 16.7 Å². The van der Waals surface area contributed by atoms with E-state index in [9.17, 15) is 4.39 Å². The smallest absolute Gasteiger partial charge is 0.125 e. The normalized spacial score (nSPS) is 10.7. The van der Waals surface area contributed by atoms with Crippen molar-refractivity contribution in [3.8, 4) is 16.8 Å². The van der Waals surface area contributed by atoms with Gasteiger partial charge in [-0.25, -0.2) is 9.07 Å². The molecular weight excluding hydrogens is 253 g/mol. The Morgan fingerprint density at radius 1 is 1.05 bits per heavy atom. The van der Waals surface area contributed by atoms with Gasteiger partial charge in [0.15, 0.2) is 0 Å². The Kier molecular flexibility index (Phi) is 3.31. The number of rotatable bonds is 3. The maximum atomic E-state index is 13.5. The fourth-order valence-corrected chi connectivity index (χ4v) is 2.13. The van der Waals surface area contributed by atoms with Gasteiger partial charge in [0.25, 0.3) is 0 Å². The van der Waals surface area contributed by atoms with Gasteiger partial charge in [0, 0.05) is 18.3 Å². The van der Waals surface area contributed by atoms with Crippen molar-refractivity contribution >= 4 is 0 Å². The first kappa shape index (κ1) is 12.6. The van der Waals surface area contributed by atoms with Gasteiger partial charge in [0.2, 0.25) is 0 Å². The van der Waals surface area contributed by atoms with E-state index in [1.807, 2.05) is 42.6 Å². The molecule has 1 heterocycles. The predicted octanol–water partition coefficient (Wildman–Crippen LogP) is 3.14. The lowest BCUT2D eigenvalue weighted by molar-refractivity contribution is 0.623. The topological polar surface area (TPSA) is 43.8 Å². The molecular formula is C16H14FN3. The molecule has 2 N–H and O–H groups in total. The molecule has 0 aliphatic heterocycles. The minimum Gasteiger partial charge on any atom is -0.326 e. The molecule has 0 saturated carbocycles. The van der Waals surface area contributed by atoms with Gasteiger partial charge in [-0.15, -0.1) is 0 Å². The molecule has 2 aromatic carbocycles. The van der Waals surface area contributed by atoms with E-state index in [4.69, 9.17) is 5.73 Å². The molecule has 1 aromatic heterocycles. The van der Waals surface area contributed by atoms with E-state index in [1.165, 1.54) is 12.1 Å². The molecule has 0 fully saturated rings. The van der Waals surface area contributed by atoms with Crippen molar-refractivity contribution in [1.82, 2.24) is 9.78 Å². The highest BCUT2D eigenvalue weighted by Gasteiger charge is 2.05. The second-order valence-electron chi connectivity index (χ2n) is 4.56. The molecule has 0 bridgehead atoms. The quantitative estimate of drug-likeness (QED) is 0.792. The molecule has 3 aromatic rings. The standard InChI is InChI=1S/C16H14FN3/c17-15-6-12(9-18)7-16(8-15)20-11-14(10-19-20)13-4-2-1-3-5-13/h1-8,10-11H,9,18H2. The van der Waals surface area contributed by atoms with Crippen molar-refractivity contribution in [3.63, 3.8) is 0 Å². The summed E-state index contributed by atoms with van der Waals surface area (Å²) in [5.74, 6) is -0.306. The summed E-state index contributed by atoms with van der Waals surface area (Å²) in [4.78, 5) is 0. The number of halogens is 1.